The van der Waals surface area contributed by atoms with Gasteiger partial charge < -0.3 is 15.2 Å². The fourth-order valence-electron chi connectivity index (χ4n) is 1.68. The second kappa shape index (κ2) is 5.49. The predicted molar refractivity (Wildman–Crippen MR) is 64.7 cm³/mol. The molecule has 0 aliphatic rings. The summed E-state index contributed by atoms with van der Waals surface area (Å²) in [5.74, 6) is -2.66. The number of aliphatic carboxylic acids is 1. The molecule has 0 aromatic rings. The van der Waals surface area contributed by atoms with Crippen molar-refractivity contribution in [2.75, 3.05) is 13.7 Å². The van der Waals surface area contributed by atoms with Crippen LogP contribution in [0.1, 0.15) is 34.6 Å². The molecule has 0 aromatic heterocycles. The van der Waals surface area contributed by atoms with E-state index in [9.17, 15) is 9.59 Å². The second-order valence-corrected chi connectivity index (χ2v) is 5.94. The molecule has 0 saturated heterocycles. The van der Waals surface area contributed by atoms with E-state index in [4.69, 9.17) is 9.84 Å². The van der Waals surface area contributed by atoms with Crippen LogP contribution in [0.5, 0.6) is 0 Å². The quantitative estimate of drug-likeness (QED) is 0.715. The van der Waals surface area contributed by atoms with Crippen LogP contribution >= 0.6 is 0 Å². The molecule has 2 N–H and O–H groups in total. The van der Waals surface area contributed by atoms with Crippen molar-refractivity contribution >= 4 is 11.9 Å². The summed E-state index contributed by atoms with van der Waals surface area (Å²) in [7, 11) is 1.53. The number of methoxy groups -OCH3 is 1. The lowest BCUT2D eigenvalue weighted by molar-refractivity contribution is -0.152. The molecule has 5 heteroatoms. The predicted octanol–water partition coefficient (Wildman–Crippen LogP) is 1.27. The summed E-state index contributed by atoms with van der Waals surface area (Å²) in [6, 6.07) is 0. The van der Waals surface area contributed by atoms with Gasteiger partial charge in [0.05, 0.1) is 12.1 Å². The summed E-state index contributed by atoms with van der Waals surface area (Å²) in [4.78, 5) is 23.1. The Labute approximate surface area is 103 Å². The Hall–Kier alpha value is -1.10. The molecule has 1 atom stereocenters. The Morgan fingerprint density at radius 2 is 1.71 bits per heavy atom. The number of carboxylic acids is 1. The van der Waals surface area contributed by atoms with Gasteiger partial charge in [0.15, 0.2) is 0 Å². The molecule has 5 nitrogen and oxygen atoms in total. The molecule has 100 valence electrons. The average Bonchev–Trinajstić information content (AvgIpc) is 1.96. The van der Waals surface area contributed by atoms with E-state index in [1.54, 1.807) is 34.6 Å². The van der Waals surface area contributed by atoms with Crippen LogP contribution in [-0.2, 0) is 14.3 Å². The third-order valence-electron chi connectivity index (χ3n) is 2.34. The first-order valence-corrected chi connectivity index (χ1v) is 5.55. The molecular formula is C12H23NO4. The average molecular weight is 245 g/mol. The minimum absolute atomic E-state index is 0.329. The largest absolute Gasteiger partial charge is 0.481 e. The van der Waals surface area contributed by atoms with Crippen molar-refractivity contribution in [1.29, 1.82) is 0 Å². The molecule has 0 aliphatic carbocycles. The molecule has 0 radical (unpaired) electrons. The van der Waals surface area contributed by atoms with Crippen molar-refractivity contribution < 1.29 is 19.4 Å². The zero-order chi connectivity index (χ0) is 13.9. The highest BCUT2D eigenvalue weighted by atomic mass is 16.5. The maximum absolute atomic E-state index is 12.0. The minimum Gasteiger partial charge on any atom is -0.481 e. The fraction of sp³-hybridized carbons (Fsp3) is 0.833. The Morgan fingerprint density at radius 1 is 1.24 bits per heavy atom. The lowest BCUT2D eigenvalue weighted by atomic mass is 9.80. The van der Waals surface area contributed by atoms with Crippen LogP contribution in [-0.4, -0.2) is 36.2 Å². The van der Waals surface area contributed by atoms with Crippen molar-refractivity contribution in [1.82, 2.24) is 5.32 Å². The van der Waals surface area contributed by atoms with Gasteiger partial charge in [0.2, 0.25) is 5.91 Å². The summed E-state index contributed by atoms with van der Waals surface area (Å²) in [5.41, 5.74) is -1.20. The van der Waals surface area contributed by atoms with Gasteiger partial charge in [0.1, 0.15) is 5.92 Å². The molecule has 0 rings (SSSR count). The Bertz CT molecular complexity index is 291. The van der Waals surface area contributed by atoms with Crippen molar-refractivity contribution in [2.45, 2.75) is 40.2 Å². The molecular weight excluding hydrogens is 222 g/mol. The molecule has 0 saturated carbocycles. The number of ether oxygens (including phenoxy) is 1. The van der Waals surface area contributed by atoms with E-state index < -0.39 is 28.7 Å². The number of amides is 1. The Balaban J connectivity index is 4.83. The van der Waals surface area contributed by atoms with Gasteiger partial charge in [-0.25, -0.2) is 0 Å². The van der Waals surface area contributed by atoms with E-state index in [1.807, 2.05) is 0 Å². The molecule has 0 bridgehead atoms. The zero-order valence-electron chi connectivity index (χ0n) is 11.5. The van der Waals surface area contributed by atoms with Crippen LogP contribution < -0.4 is 5.32 Å². The van der Waals surface area contributed by atoms with Crippen molar-refractivity contribution in [3.8, 4) is 0 Å². The SMILES string of the molecule is COCC(C)(C)NC(=O)C(C(=O)O)C(C)(C)C. The first-order chi connectivity index (χ1) is 7.51. The Morgan fingerprint density at radius 3 is 2.00 bits per heavy atom. The fourth-order valence-corrected chi connectivity index (χ4v) is 1.68. The molecule has 1 amide bonds. The summed E-state index contributed by atoms with van der Waals surface area (Å²) >= 11 is 0. The van der Waals surface area contributed by atoms with E-state index in [0.29, 0.717) is 6.61 Å². The summed E-state index contributed by atoms with van der Waals surface area (Å²) in [5, 5.41) is 11.8. The third-order valence-corrected chi connectivity index (χ3v) is 2.34. The van der Waals surface area contributed by atoms with Gasteiger partial charge in [0.25, 0.3) is 0 Å². The van der Waals surface area contributed by atoms with E-state index >= 15 is 0 Å². The van der Waals surface area contributed by atoms with Crippen LogP contribution in [0.4, 0.5) is 0 Å². The molecule has 0 spiro atoms. The van der Waals surface area contributed by atoms with E-state index in [1.165, 1.54) is 7.11 Å². The lowest BCUT2D eigenvalue weighted by Gasteiger charge is -2.31. The monoisotopic (exact) mass is 245 g/mol. The van der Waals surface area contributed by atoms with Gasteiger partial charge in [-0.1, -0.05) is 20.8 Å². The van der Waals surface area contributed by atoms with E-state index in [0.717, 1.165) is 0 Å². The highest BCUT2D eigenvalue weighted by molar-refractivity contribution is 5.98. The highest BCUT2D eigenvalue weighted by Gasteiger charge is 2.39. The van der Waals surface area contributed by atoms with Crippen LogP contribution in [0.2, 0.25) is 0 Å². The van der Waals surface area contributed by atoms with Crippen molar-refractivity contribution in [3.63, 3.8) is 0 Å². The molecule has 0 aliphatic heterocycles. The van der Waals surface area contributed by atoms with Crippen molar-refractivity contribution in [3.05, 3.63) is 0 Å². The van der Waals surface area contributed by atoms with E-state index in [-0.39, 0.29) is 0 Å². The zero-order valence-corrected chi connectivity index (χ0v) is 11.5. The number of carboxylic acid groups (broad SMARTS) is 1. The summed E-state index contributed by atoms with van der Waals surface area (Å²) in [6.07, 6.45) is 0. The number of nitrogens with one attached hydrogen (secondary N) is 1. The number of carbonyl (C=O) groups excluding carboxylic acids is 1. The minimum atomic E-state index is -1.11. The van der Waals surface area contributed by atoms with Gasteiger partial charge in [-0.05, 0) is 19.3 Å². The van der Waals surface area contributed by atoms with Gasteiger partial charge in [-0.15, -0.1) is 0 Å². The third kappa shape index (κ3) is 5.17. The maximum Gasteiger partial charge on any atom is 0.316 e. The number of hydrogen-bond acceptors (Lipinski definition) is 3. The summed E-state index contributed by atoms with van der Waals surface area (Å²) < 4.78 is 4.97. The standard InChI is InChI=1S/C12H23NO4/c1-11(2,3)8(10(15)16)9(14)13-12(4,5)7-17-6/h8H,7H2,1-6H3,(H,13,14)(H,15,16). The number of hydrogen-bond donors (Lipinski definition) is 2. The lowest BCUT2D eigenvalue weighted by Crippen LogP contribution is -2.52. The number of rotatable bonds is 5. The van der Waals surface area contributed by atoms with E-state index in [2.05, 4.69) is 5.32 Å². The molecule has 0 fully saturated rings. The normalized spacial score (nSPS) is 14.2. The Kier molecular flexibility index (Phi) is 5.13. The molecule has 17 heavy (non-hydrogen) atoms. The topological polar surface area (TPSA) is 75.6 Å². The molecule has 1 unspecified atom stereocenters. The van der Waals surface area contributed by atoms with Crippen LogP contribution in [0, 0.1) is 11.3 Å². The highest BCUT2D eigenvalue weighted by Crippen LogP contribution is 2.26. The first kappa shape index (κ1) is 15.9. The second-order valence-electron chi connectivity index (χ2n) is 5.94. The smallest absolute Gasteiger partial charge is 0.316 e. The van der Waals surface area contributed by atoms with Crippen molar-refractivity contribution in [2.24, 2.45) is 11.3 Å². The molecule has 0 aromatic carbocycles. The maximum atomic E-state index is 12.0. The van der Waals surface area contributed by atoms with Gasteiger partial charge in [-0.3, -0.25) is 9.59 Å². The van der Waals surface area contributed by atoms with Crippen LogP contribution in [0.15, 0.2) is 0 Å². The van der Waals surface area contributed by atoms with Crippen LogP contribution in [0.3, 0.4) is 0 Å². The van der Waals surface area contributed by atoms with Gasteiger partial charge in [0, 0.05) is 7.11 Å². The van der Waals surface area contributed by atoms with Gasteiger partial charge in [-0.2, -0.15) is 0 Å². The van der Waals surface area contributed by atoms with Gasteiger partial charge >= 0.3 is 5.97 Å². The number of carbonyl (C=O) groups is 2. The summed E-state index contributed by atoms with van der Waals surface area (Å²) in [6.45, 7) is 9.10. The van der Waals surface area contributed by atoms with Crippen LogP contribution in [0.25, 0.3) is 0 Å². The molecule has 0 heterocycles. The first-order valence-electron chi connectivity index (χ1n) is 5.55.